The zero-order chi connectivity index (χ0) is 11.8. The van der Waals surface area contributed by atoms with Crippen LogP contribution in [0.2, 0.25) is 5.02 Å². The van der Waals surface area contributed by atoms with Gasteiger partial charge in [0, 0.05) is 16.5 Å². The van der Waals surface area contributed by atoms with Crippen molar-refractivity contribution in [2.75, 3.05) is 13.1 Å². The van der Waals surface area contributed by atoms with Crippen LogP contribution in [-0.2, 0) is 0 Å². The largest absolute Gasteiger partial charge is 0.318 e. The molecule has 2 aliphatic rings. The summed E-state index contributed by atoms with van der Waals surface area (Å²) in [6.07, 6.45) is 1.05. The van der Waals surface area contributed by atoms with Gasteiger partial charge in [-0.1, -0.05) is 42.4 Å². The Morgan fingerprint density at radius 3 is 2.82 bits per heavy atom. The van der Waals surface area contributed by atoms with Gasteiger partial charge in [-0.3, -0.25) is 4.99 Å². The molecular formula is C13H13ClN2S. The third-order valence-corrected chi connectivity index (χ3v) is 4.50. The molecule has 0 N–H and O–H groups in total. The van der Waals surface area contributed by atoms with E-state index in [0.29, 0.717) is 0 Å². The molecule has 0 radical (unpaired) electrons. The van der Waals surface area contributed by atoms with Gasteiger partial charge >= 0.3 is 0 Å². The monoisotopic (exact) mass is 264 g/mol. The number of amidine groups is 1. The molecule has 0 atom stereocenters. The molecule has 17 heavy (non-hydrogen) atoms. The number of rotatable bonds is 2. The lowest BCUT2D eigenvalue weighted by Crippen LogP contribution is -2.19. The van der Waals surface area contributed by atoms with Crippen LogP contribution in [0.25, 0.3) is 5.70 Å². The highest BCUT2D eigenvalue weighted by molar-refractivity contribution is 8.17. The van der Waals surface area contributed by atoms with Gasteiger partial charge in [-0.2, -0.15) is 0 Å². The van der Waals surface area contributed by atoms with E-state index in [0.717, 1.165) is 29.7 Å². The van der Waals surface area contributed by atoms with Crippen LogP contribution in [-0.4, -0.2) is 23.2 Å². The maximum atomic E-state index is 5.94. The fraction of sp³-hybridized carbons (Fsp3) is 0.308. The Labute approximate surface area is 110 Å². The maximum Gasteiger partial charge on any atom is 0.168 e. The molecule has 0 amide bonds. The summed E-state index contributed by atoms with van der Waals surface area (Å²) in [5.41, 5.74) is 2.57. The first-order valence-corrected chi connectivity index (χ1v) is 6.98. The standard InChI is InChI=1S/C13H13ClN2S/c1-2-11-12(9-3-5-10(14)6-4-9)16-8-7-15-13(16)17-11/h3-6H,2,7-8H2,1H3. The van der Waals surface area contributed by atoms with Crippen molar-refractivity contribution in [3.8, 4) is 0 Å². The molecule has 3 rings (SSSR count). The molecule has 4 heteroatoms. The van der Waals surface area contributed by atoms with Crippen LogP contribution in [0.1, 0.15) is 18.9 Å². The zero-order valence-electron chi connectivity index (χ0n) is 9.61. The molecule has 1 aromatic carbocycles. The average molecular weight is 265 g/mol. The van der Waals surface area contributed by atoms with Crippen molar-refractivity contribution in [2.24, 2.45) is 4.99 Å². The molecule has 0 spiro atoms. The normalized spacial score (nSPS) is 18.7. The molecule has 0 saturated carbocycles. The molecular weight excluding hydrogens is 252 g/mol. The number of allylic oxidation sites excluding steroid dienone is 1. The lowest BCUT2D eigenvalue weighted by atomic mass is 10.1. The van der Waals surface area contributed by atoms with Crippen LogP contribution in [0.3, 0.4) is 0 Å². The van der Waals surface area contributed by atoms with E-state index < -0.39 is 0 Å². The molecule has 2 heterocycles. The van der Waals surface area contributed by atoms with Gasteiger partial charge in [0.2, 0.25) is 0 Å². The van der Waals surface area contributed by atoms with Crippen LogP contribution in [0.15, 0.2) is 34.2 Å². The predicted molar refractivity (Wildman–Crippen MR) is 75.3 cm³/mol. The van der Waals surface area contributed by atoms with E-state index >= 15 is 0 Å². The van der Waals surface area contributed by atoms with Crippen molar-refractivity contribution in [2.45, 2.75) is 13.3 Å². The quantitative estimate of drug-likeness (QED) is 0.807. The second kappa shape index (κ2) is 4.39. The highest BCUT2D eigenvalue weighted by Crippen LogP contribution is 2.43. The molecule has 0 aliphatic carbocycles. The third-order valence-electron chi connectivity index (χ3n) is 2.99. The van der Waals surface area contributed by atoms with Gasteiger partial charge < -0.3 is 4.90 Å². The predicted octanol–water partition coefficient (Wildman–Crippen LogP) is 3.84. The first kappa shape index (κ1) is 11.2. The van der Waals surface area contributed by atoms with E-state index in [1.54, 1.807) is 0 Å². The van der Waals surface area contributed by atoms with Gasteiger partial charge in [-0.15, -0.1) is 0 Å². The topological polar surface area (TPSA) is 15.6 Å². The van der Waals surface area contributed by atoms with Gasteiger partial charge in [-0.25, -0.2) is 0 Å². The van der Waals surface area contributed by atoms with Crippen LogP contribution in [0.5, 0.6) is 0 Å². The van der Waals surface area contributed by atoms with Gasteiger partial charge in [0.15, 0.2) is 5.17 Å². The minimum atomic E-state index is 0.786. The first-order chi connectivity index (χ1) is 8.29. The van der Waals surface area contributed by atoms with Crippen LogP contribution < -0.4 is 0 Å². The summed E-state index contributed by atoms with van der Waals surface area (Å²) in [7, 11) is 0. The van der Waals surface area contributed by atoms with Gasteiger partial charge in [0.1, 0.15) is 0 Å². The molecule has 0 fully saturated rings. The average Bonchev–Trinajstić information content (AvgIpc) is 2.89. The van der Waals surface area contributed by atoms with E-state index in [4.69, 9.17) is 11.6 Å². The summed E-state index contributed by atoms with van der Waals surface area (Å²) in [5.74, 6) is 0. The number of halogens is 1. The summed E-state index contributed by atoms with van der Waals surface area (Å²) in [5, 5.41) is 1.94. The number of aliphatic imine (C=N–C) groups is 1. The lowest BCUT2D eigenvalue weighted by molar-refractivity contribution is 0.646. The second-order valence-electron chi connectivity index (χ2n) is 4.05. The van der Waals surface area contributed by atoms with Crippen LogP contribution in [0, 0.1) is 0 Å². The van der Waals surface area contributed by atoms with Gasteiger partial charge in [-0.05, 0) is 24.1 Å². The molecule has 0 saturated heterocycles. The highest BCUT2D eigenvalue weighted by atomic mass is 35.5. The SMILES string of the molecule is CCC1=C(c2ccc(Cl)cc2)N2CCN=C2S1. The third kappa shape index (κ3) is 1.87. The van der Waals surface area contributed by atoms with Gasteiger partial charge in [0.25, 0.3) is 0 Å². The Morgan fingerprint density at radius 1 is 1.35 bits per heavy atom. The van der Waals surface area contributed by atoms with E-state index in [1.807, 2.05) is 23.9 Å². The van der Waals surface area contributed by atoms with Crippen molar-refractivity contribution < 1.29 is 0 Å². The summed E-state index contributed by atoms with van der Waals surface area (Å²) in [6.45, 7) is 4.11. The van der Waals surface area contributed by atoms with Crippen LogP contribution >= 0.6 is 23.4 Å². The van der Waals surface area contributed by atoms with Gasteiger partial charge in [0.05, 0.1) is 12.2 Å². The molecule has 88 valence electrons. The van der Waals surface area contributed by atoms with Crippen molar-refractivity contribution in [3.63, 3.8) is 0 Å². The molecule has 2 nitrogen and oxygen atoms in total. The van der Waals surface area contributed by atoms with E-state index in [-0.39, 0.29) is 0 Å². The van der Waals surface area contributed by atoms with Crippen molar-refractivity contribution >= 4 is 34.2 Å². The Bertz CT molecular complexity index is 505. The summed E-state index contributed by atoms with van der Waals surface area (Å²) < 4.78 is 0. The summed E-state index contributed by atoms with van der Waals surface area (Å²) >= 11 is 7.75. The summed E-state index contributed by atoms with van der Waals surface area (Å²) in [6, 6.07) is 8.09. The molecule has 2 aliphatic heterocycles. The maximum absolute atomic E-state index is 5.94. The Hall–Kier alpha value is -0.930. The van der Waals surface area contributed by atoms with Crippen LogP contribution in [0.4, 0.5) is 0 Å². The summed E-state index contributed by atoms with van der Waals surface area (Å²) in [4.78, 5) is 8.26. The van der Waals surface area contributed by atoms with E-state index in [2.05, 4.69) is 28.9 Å². The molecule has 0 aromatic heterocycles. The fourth-order valence-corrected chi connectivity index (χ4v) is 3.46. The number of hydrogen-bond donors (Lipinski definition) is 0. The van der Waals surface area contributed by atoms with E-state index in [1.165, 1.54) is 16.2 Å². The number of thioether (sulfide) groups is 1. The number of nitrogens with zero attached hydrogens (tertiary/aromatic N) is 2. The number of fused-ring (bicyclic) bond motifs is 1. The lowest BCUT2D eigenvalue weighted by Gasteiger charge is -2.17. The molecule has 0 unspecified atom stereocenters. The number of hydrogen-bond acceptors (Lipinski definition) is 3. The minimum Gasteiger partial charge on any atom is -0.318 e. The second-order valence-corrected chi connectivity index (χ2v) is 5.55. The van der Waals surface area contributed by atoms with E-state index in [9.17, 15) is 0 Å². The Kier molecular flexibility index (Phi) is 2.89. The zero-order valence-corrected chi connectivity index (χ0v) is 11.2. The Balaban J connectivity index is 2.04. The Morgan fingerprint density at radius 2 is 2.12 bits per heavy atom. The van der Waals surface area contributed by atoms with Crippen molar-refractivity contribution in [3.05, 3.63) is 39.8 Å². The first-order valence-electron chi connectivity index (χ1n) is 5.78. The molecule has 1 aromatic rings. The number of benzene rings is 1. The highest BCUT2D eigenvalue weighted by Gasteiger charge is 2.31. The smallest absolute Gasteiger partial charge is 0.168 e. The minimum absolute atomic E-state index is 0.786. The molecule has 0 bridgehead atoms. The van der Waals surface area contributed by atoms with Crippen molar-refractivity contribution in [1.82, 2.24) is 4.90 Å². The fourth-order valence-electron chi connectivity index (χ4n) is 2.19. The van der Waals surface area contributed by atoms with Crippen molar-refractivity contribution in [1.29, 1.82) is 0 Å².